The third-order valence-corrected chi connectivity index (χ3v) is 5.61. The Balaban J connectivity index is 1.84. The molecule has 1 aliphatic rings. The molecule has 1 aromatic carbocycles. The molecule has 1 heterocycles. The Bertz CT molecular complexity index is 759. The molecule has 0 aromatic heterocycles. The van der Waals surface area contributed by atoms with Crippen molar-refractivity contribution in [2.45, 2.75) is 25.2 Å². The number of amides is 2. The third-order valence-electron chi connectivity index (χ3n) is 4.15. The molecule has 2 rings (SSSR count). The van der Waals surface area contributed by atoms with Crippen molar-refractivity contribution in [3.63, 3.8) is 0 Å². The summed E-state index contributed by atoms with van der Waals surface area (Å²) in [5, 5.41) is 0. The van der Waals surface area contributed by atoms with Crippen molar-refractivity contribution >= 4 is 21.8 Å². The molecule has 0 aliphatic carbocycles. The first-order chi connectivity index (χ1) is 11.7. The lowest BCUT2D eigenvalue weighted by atomic mass is 10.2. The van der Waals surface area contributed by atoms with Gasteiger partial charge in [-0.2, -0.15) is 0 Å². The highest BCUT2D eigenvalue weighted by Gasteiger charge is 2.22. The molecule has 9 heteroatoms. The molecule has 7 nitrogen and oxygen atoms in total. The van der Waals surface area contributed by atoms with Crippen LogP contribution in [0.2, 0.25) is 0 Å². The minimum atomic E-state index is -3.79. The SMILES string of the molecule is CC(=O)N1CCN(C(=O)CCNS(=O)(=O)c2ccc(F)c(C)c2)CC1. The van der Waals surface area contributed by atoms with E-state index < -0.39 is 15.8 Å². The lowest BCUT2D eigenvalue weighted by molar-refractivity contribution is -0.138. The number of nitrogens with zero attached hydrogens (tertiary/aromatic N) is 2. The van der Waals surface area contributed by atoms with Gasteiger partial charge in [-0.25, -0.2) is 17.5 Å². The topological polar surface area (TPSA) is 86.8 Å². The Kier molecular flexibility index (Phi) is 6.12. The second-order valence-corrected chi connectivity index (χ2v) is 7.71. The first-order valence-electron chi connectivity index (χ1n) is 8.00. The van der Waals surface area contributed by atoms with Gasteiger partial charge < -0.3 is 9.80 Å². The number of piperazine rings is 1. The molecule has 0 spiro atoms. The van der Waals surface area contributed by atoms with Gasteiger partial charge in [0.1, 0.15) is 5.82 Å². The zero-order chi connectivity index (χ0) is 18.6. The predicted molar refractivity (Wildman–Crippen MR) is 89.8 cm³/mol. The zero-order valence-corrected chi connectivity index (χ0v) is 15.1. The van der Waals surface area contributed by atoms with E-state index in [1.165, 1.54) is 26.0 Å². The maximum atomic E-state index is 13.2. The normalized spacial score (nSPS) is 15.3. The Labute approximate surface area is 146 Å². The van der Waals surface area contributed by atoms with Crippen LogP contribution in [0.3, 0.4) is 0 Å². The van der Waals surface area contributed by atoms with Crippen molar-refractivity contribution in [3.8, 4) is 0 Å². The summed E-state index contributed by atoms with van der Waals surface area (Å²) in [6.45, 7) is 4.81. The minimum absolute atomic E-state index is 0.0190. The maximum absolute atomic E-state index is 13.2. The molecule has 0 unspecified atom stereocenters. The summed E-state index contributed by atoms with van der Waals surface area (Å²) >= 11 is 0. The van der Waals surface area contributed by atoms with Gasteiger partial charge in [0.25, 0.3) is 0 Å². The fourth-order valence-corrected chi connectivity index (χ4v) is 3.71. The van der Waals surface area contributed by atoms with E-state index in [9.17, 15) is 22.4 Å². The molecular weight excluding hydrogens is 349 g/mol. The van der Waals surface area contributed by atoms with Crippen LogP contribution < -0.4 is 4.72 Å². The number of hydrogen-bond acceptors (Lipinski definition) is 4. The van der Waals surface area contributed by atoms with Gasteiger partial charge in [-0.3, -0.25) is 9.59 Å². The number of aryl methyl sites for hydroxylation is 1. The van der Waals surface area contributed by atoms with Crippen LogP contribution in [0.4, 0.5) is 4.39 Å². The summed E-state index contributed by atoms with van der Waals surface area (Å²) in [5.41, 5.74) is 0.238. The van der Waals surface area contributed by atoms with E-state index in [0.717, 1.165) is 6.07 Å². The summed E-state index contributed by atoms with van der Waals surface area (Å²) in [4.78, 5) is 26.7. The largest absolute Gasteiger partial charge is 0.339 e. The first kappa shape index (κ1) is 19.3. The van der Waals surface area contributed by atoms with Crippen molar-refractivity contribution in [1.82, 2.24) is 14.5 Å². The van der Waals surface area contributed by atoms with Crippen molar-refractivity contribution in [2.24, 2.45) is 0 Å². The van der Waals surface area contributed by atoms with E-state index in [-0.39, 0.29) is 35.2 Å². The fourth-order valence-electron chi connectivity index (χ4n) is 2.59. The summed E-state index contributed by atoms with van der Waals surface area (Å²) in [5.74, 6) is -0.658. The van der Waals surface area contributed by atoms with E-state index in [4.69, 9.17) is 0 Å². The van der Waals surface area contributed by atoms with Gasteiger partial charge in [0.15, 0.2) is 0 Å². The molecule has 2 amide bonds. The highest BCUT2D eigenvalue weighted by molar-refractivity contribution is 7.89. The van der Waals surface area contributed by atoms with Crippen molar-refractivity contribution < 1.29 is 22.4 Å². The molecule has 0 bridgehead atoms. The van der Waals surface area contributed by atoms with Crippen LogP contribution in [0.25, 0.3) is 0 Å². The molecule has 1 saturated heterocycles. The molecule has 0 radical (unpaired) electrons. The number of sulfonamides is 1. The average Bonchev–Trinajstić information content (AvgIpc) is 2.57. The number of carbonyl (C=O) groups excluding carboxylic acids is 2. The standard InChI is InChI=1S/C16H22FN3O4S/c1-12-11-14(3-4-15(12)17)25(23,24)18-6-5-16(22)20-9-7-19(8-10-20)13(2)21/h3-4,11,18H,5-10H2,1-2H3. The Morgan fingerprint density at radius 2 is 1.76 bits per heavy atom. The maximum Gasteiger partial charge on any atom is 0.240 e. The summed E-state index contributed by atoms with van der Waals surface area (Å²) in [7, 11) is -3.79. The molecule has 138 valence electrons. The van der Waals surface area contributed by atoms with Crippen LogP contribution in [0.15, 0.2) is 23.1 Å². The quantitative estimate of drug-likeness (QED) is 0.816. The van der Waals surface area contributed by atoms with Crippen molar-refractivity contribution in [2.75, 3.05) is 32.7 Å². The minimum Gasteiger partial charge on any atom is -0.339 e. The van der Waals surface area contributed by atoms with Crippen LogP contribution in [0.5, 0.6) is 0 Å². The summed E-state index contributed by atoms with van der Waals surface area (Å²) in [6, 6.07) is 3.54. The molecular formula is C16H22FN3O4S. The van der Waals surface area contributed by atoms with E-state index >= 15 is 0 Å². The van der Waals surface area contributed by atoms with E-state index in [1.54, 1.807) is 9.80 Å². The molecule has 25 heavy (non-hydrogen) atoms. The third kappa shape index (κ3) is 4.99. The van der Waals surface area contributed by atoms with Crippen LogP contribution in [-0.4, -0.2) is 62.8 Å². The number of nitrogens with one attached hydrogen (secondary N) is 1. The lowest BCUT2D eigenvalue weighted by Gasteiger charge is -2.34. The van der Waals surface area contributed by atoms with Gasteiger partial charge in [-0.05, 0) is 30.7 Å². The van der Waals surface area contributed by atoms with Gasteiger partial charge in [0.2, 0.25) is 21.8 Å². The number of hydrogen-bond donors (Lipinski definition) is 1. The van der Waals surface area contributed by atoms with Gasteiger partial charge in [0, 0.05) is 46.1 Å². The second-order valence-electron chi connectivity index (χ2n) is 5.95. The molecule has 0 saturated carbocycles. The number of halogens is 1. The summed E-state index contributed by atoms with van der Waals surface area (Å²) < 4.78 is 39.9. The van der Waals surface area contributed by atoms with E-state index in [1.807, 2.05) is 0 Å². The predicted octanol–water partition coefficient (Wildman–Crippen LogP) is 0.493. The number of rotatable bonds is 5. The second kappa shape index (κ2) is 7.92. The number of benzene rings is 1. The van der Waals surface area contributed by atoms with Crippen LogP contribution in [-0.2, 0) is 19.6 Å². The molecule has 1 fully saturated rings. The first-order valence-corrected chi connectivity index (χ1v) is 9.48. The van der Waals surface area contributed by atoms with Crippen LogP contribution >= 0.6 is 0 Å². The Morgan fingerprint density at radius 3 is 2.32 bits per heavy atom. The van der Waals surface area contributed by atoms with Crippen LogP contribution in [0.1, 0.15) is 18.9 Å². The van der Waals surface area contributed by atoms with Crippen molar-refractivity contribution in [1.29, 1.82) is 0 Å². The smallest absolute Gasteiger partial charge is 0.240 e. The number of carbonyl (C=O) groups is 2. The molecule has 0 atom stereocenters. The molecule has 1 N–H and O–H groups in total. The van der Waals surface area contributed by atoms with Gasteiger partial charge in [0.05, 0.1) is 4.90 Å². The molecule has 1 aromatic rings. The molecule has 1 aliphatic heterocycles. The van der Waals surface area contributed by atoms with E-state index in [0.29, 0.717) is 26.2 Å². The van der Waals surface area contributed by atoms with Gasteiger partial charge in [-0.15, -0.1) is 0 Å². The highest BCUT2D eigenvalue weighted by atomic mass is 32.2. The average molecular weight is 371 g/mol. The Morgan fingerprint density at radius 1 is 1.16 bits per heavy atom. The van der Waals surface area contributed by atoms with Crippen molar-refractivity contribution in [3.05, 3.63) is 29.6 Å². The summed E-state index contributed by atoms with van der Waals surface area (Å²) in [6.07, 6.45) is 0.0273. The Hall–Kier alpha value is -2.00. The lowest BCUT2D eigenvalue weighted by Crippen LogP contribution is -2.50. The zero-order valence-electron chi connectivity index (χ0n) is 14.3. The van der Waals surface area contributed by atoms with Crippen LogP contribution in [0, 0.1) is 12.7 Å². The van der Waals surface area contributed by atoms with Gasteiger partial charge in [-0.1, -0.05) is 0 Å². The van der Waals surface area contributed by atoms with E-state index in [2.05, 4.69) is 4.72 Å². The highest BCUT2D eigenvalue weighted by Crippen LogP contribution is 2.14. The fraction of sp³-hybridized carbons (Fsp3) is 0.500. The van der Waals surface area contributed by atoms with Gasteiger partial charge >= 0.3 is 0 Å². The monoisotopic (exact) mass is 371 g/mol.